The van der Waals surface area contributed by atoms with Crippen LogP contribution in [0.4, 0.5) is 25.1 Å². The first kappa shape index (κ1) is 18.4. The number of likely N-dealkylation sites (tertiary alicyclic amines) is 1. The van der Waals surface area contributed by atoms with Gasteiger partial charge in [-0.3, -0.25) is 0 Å². The van der Waals surface area contributed by atoms with Crippen LogP contribution in [0.1, 0.15) is 12.0 Å². The number of anilines is 2. The van der Waals surface area contributed by atoms with Gasteiger partial charge in [0.05, 0.1) is 22.8 Å². The van der Waals surface area contributed by atoms with Gasteiger partial charge in [0.25, 0.3) is 0 Å². The predicted molar refractivity (Wildman–Crippen MR) is 101 cm³/mol. The highest BCUT2D eigenvalue weighted by molar-refractivity contribution is 6.31. The van der Waals surface area contributed by atoms with Crippen molar-refractivity contribution in [3.05, 3.63) is 59.1 Å². The molecular formula is C19H15ClF2N4O2. The summed E-state index contributed by atoms with van der Waals surface area (Å²) in [6, 6.07) is 9.33. The fraction of sp³-hybridized carbons (Fsp3) is 0.211. The van der Waals surface area contributed by atoms with Crippen molar-refractivity contribution in [3.8, 4) is 0 Å². The highest BCUT2D eigenvalue weighted by Gasteiger charge is 2.42. The van der Waals surface area contributed by atoms with Gasteiger partial charge in [-0.2, -0.15) is 0 Å². The van der Waals surface area contributed by atoms with Crippen LogP contribution in [0.25, 0.3) is 10.9 Å². The van der Waals surface area contributed by atoms with E-state index >= 15 is 4.39 Å². The van der Waals surface area contributed by atoms with E-state index < -0.39 is 17.6 Å². The standard InChI is InChI=1S/C19H15ClF2N4O2/c20-13-2-1-3-15(16(13)21)25-17-12-8-11(4-5-14(12)23-10-24-17)19(22)6-7-26(9-19)18(27)28/h1-5,8,10H,6-7,9H2,(H,27,28)(H,23,24,25)/t19-/m1/s1. The summed E-state index contributed by atoms with van der Waals surface area (Å²) in [6.07, 6.45) is 0.228. The van der Waals surface area contributed by atoms with E-state index in [4.69, 9.17) is 16.7 Å². The number of amides is 1. The van der Waals surface area contributed by atoms with Gasteiger partial charge < -0.3 is 15.3 Å². The number of nitrogens with zero attached hydrogens (tertiary/aromatic N) is 3. The van der Waals surface area contributed by atoms with Crippen LogP contribution in [0, 0.1) is 5.82 Å². The molecule has 0 radical (unpaired) electrons. The van der Waals surface area contributed by atoms with Crippen molar-refractivity contribution in [1.29, 1.82) is 0 Å². The molecule has 144 valence electrons. The second kappa shape index (κ2) is 6.87. The third-order valence-corrected chi connectivity index (χ3v) is 5.14. The van der Waals surface area contributed by atoms with Crippen molar-refractivity contribution in [3.63, 3.8) is 0 Å². The quantitative estimate of drug-likeness (QED) is 0.660. The second-order valence-corrected chi connectivity index (χ2v) is 7.01. The molecular weight excluding hydrogens is 390 g/mol. The fourth-order valence-corrected chi connectivity index (χ4v) is 3.51. The van der Waals surface area contributed by atoms with Crippen LogP contribution in [-0.4, -0.2) is 39.2 Å². The Morgan fingerprint density at radius 3 is 2.86 bits per heavy atom. The molecule has 1 aliphatic rings. The molecule has 0 bridgehead atoms. The average Bonchev–Trinajstić information content (AvgIpc) is 3.09. The number of rotatable bonds is 3. The molecule has 0 unspecified atom stereocenters. The summed E-state index contributed by atoms with van der Waals surface area (Å²) in [5.41, 5.74) is -0.805. The SMILES string of the molecule is O=C(O)N1CC[C@](F)(c2ccc3ncnc(Nc4cccc(Cl)c4F)c3c2)C1. The summed E-state index contributed by atoms with van der Waals surface area (Å²) in [5, 5.41) is 12.4. The Kier molecular flexibility index (Phi) is 4.50. The molecule has 2 aromatic carbocycles. The zero-order chi connectivity index (χ0) is 19.9. The highest BCUT2D eigenvalue weighted by atomic mass is 35.5. The van der Waals surface area contributed by atoms with Gasteiger partial charge in [-0.1, -0.05) is 23.7 Å². The van der Waals surface area contributed by atoms with Crippen LogP contribution in [0.3, 0.4) is 0 Å². The van der Waals surface area contributed by atoms with Crippen molar-refractivity contribution in [2.75, 3.05) is 18.4 Å². The van der Waals surface area contributed by atoms with Crippen molar-refractivity contribution in [2.45, 2.75) is 12.1 Å². The number of carbonyl (C=O) groups is 1. The smallest absolute Gasteiger partial charge is 0.407 e. The van der Waals surface area contributed by atoms with Gasteiger partial charge in [0.1, 0.15) is 12.1 Å². The molecule has 1 atom stereocenters. The number of nitrogens with one attached hydrogen (secondary N) is 1. The van der Waals surface area contributed by atoms with Crippen LogP contribution in [-0.2, 0) is 5.67 Å². The lowest BCUT2D eigenvalue weighted by Crippen LogP contribution is -2.30. The Balaban J connectivity index is 1.74. The molecule has 3 aromatic rings. The summed E-state index contributed by atoms with van der Waals surface area (Å²) < 4.78 is 29.6. The third kappa shape index (κ3) is 3.20. The van der Waals surface area contributed by atoms with Crippen LogP contribution in [0.5, 0.6) is 0 Å². The summed E-state index contributed by atoms with van der Waals surface area (Å²) in [7, 11) is 0. The predicted octanol–water partition coefficient (Wildman–Crippen LogP) is 4.71. The summed E-state index contributed by atoms with van der Waals surface area (Å²) in [6.45, 7) is -0.124. The number of hydrogen-bond donors (Lipinski definition) is 2. The zero-order valence-electron chi connectivity index (χ0n) is 14.5. The van der Waals surface area contributed by atoms with Crippen LogP contribution in [0.2, 0.25) is 5.02 Å². The number of hydrogen-bond acceptors (Lipinski definition) is 4. The number of aromatic nitrogens is 2. The maximum absolute atomic E-state index is 15.4. The zero-order valence-corrected chi connectivity index (χ0v) is 15.2. The van der Waals surface area contributed by atoms with E-state index in [1.54, 1.807) is 24.3 Å². The molecule has 0 saturated carbocycles. The van der Waals surface area contributed by atoms with Crippen LogP contribution in [0.15, 0.2) is 42.7 Å². The van der Waals surface area contributed by atoms with E-state index in [0.29, 0.717) is 22.3 Å². The van der Waals surface area contributed by atoms with Gasteiger partial charge in [-0.25, -0.2) is 23.5 Å². The van der Waals surface area contributed by atoms with E-state index in [9.17, 15) is 9.18 Å². The van der Waals surface area contributed by atoms with Crippen molar-refractivity contribution >= 4 is 40.1 Å². The minimum Gasteiger partial charge on any atom is -0.465 e. The molecule has 1 aromatic heterocycles. The third-order valence-electron chi connectivity index (χ3n) is 4.85. The van der Waals surface area contributed by atoms with Crippen molar-refractivity contribution in [2.24, 2.45) is 0 Å². The molecule has 1 fully saturated rings. The minimum absolute atomic E-state index is 0.0357. The average molecular weight is 405 g/mol. The molecule has 1 aliphatic heterocycles. The lowest BCUT2D eigenvalue weighted by Gasteiger charge is -2.21. The number of fused-ring (bicyclic) bond motifs is 1. The van der Waals surface area contributed by atoms with Gasteiger partial charge in [-0.05, 0) is 29.8 Å². The lowest BCUT2D eigenvalue weighted by molar-refractivity contribution is 0.134. The highest BCUT2D eigenvalue weighted by Crippen LogP contribution is 2.38. The molecule has 28 heavy (non-hydrogen) atoms. The fourth-order valence-electron chi connectivity index (χ4n) is 3.33. The molecule has 1 saturated heterocycles. The normalized spacial score (nSPS) is 19.2. The van der Waals surface area contributed by atoms with E-state index in [-0.39, 0.29) is 30.2 Å². The van der Waals surface area contributed by atoms with Crippen molar-refractivity contribution < 1.29 is 18.7 Å². The lowest BCUT2D eigenvalue weighted by atomic mass is 9.93. The molecule has 0 spiro atoms. The van der Waals surface area contributed by atoms with Gasteiger partial charge in [0.2, 0.25) is 0 Å². The van der Waals surface area contributed by atoms with E-state index in [1.165, 1.54) is 18.5 Å². The molecule has 2 N–H and O–H groups in total. The van der Waals surface area contributed by atoms with E-state index in [0.717, 1.165) is 4.90 Å². The Hall–Kier alpha value is -3.00. The van der Waals surface area contributed by atoms with E-state index in [1.807, 2.05) is 0 Å². The number of halogens is 3. The first-order chi connectivity index (χ1) is 13.4. The number of carboxylic acid groups (broad SMARTS) is 1. The molecule has 1 amide bonds. The largest absolute Gasteiger partial charge is 0.465 e. The Morgan fingerprint density at radius 1 is 1.29 bits per heavy atom. The molecule has 0 aliphatic carbocycles. The topological polar surface area (TPSA) is 78.3 Å². The van der Waals surface area contributed by atoms with Gasteiger partial charge >= 0.3 is 6.09 Å². The maximum Gasteiger partial charge on any atom is 0.407 e. The van der Waals surface area contributed by atoms with E-state index in [2.05, 4.69) is 15.3 Å². The van der Waals surface area contributed by atoms with Crippen molar-refractivity contribution in [1.82, 2.24) is 14.9 Å². The molecule has 6 nitrogen and oxygen atoms in total. The minimum atomic E-state index is -1.80. The van der Waals surface area contributed by atoms with Gasteiger partial charge in [0.15, 0.2) is 11.5 Å². The molecule has 4 rings (SSSR count). The first-order valence-corrected chi connectivity index (χ1v) is 8.88. The summed E-state index contributed by atoms with van der Waals surface area (Å²) in [5.74, 6) is -0.327. The van der Waals surface area contributed by atoms with Gasteiger partial charge in [-0.15, -0.1) is 0 Å². The summed E-state index contributed by atoms with van der Waals surface area (Å²) >= 11 is 5.82. The van der Waals surface area contributed by atoms with Crippen LogP contribution < -0.4 is 5.32 Å². The number of alkyl halides is 1. The summed E-state index contributed by atoms with van der Waals surface area (Å²) in [4.78, 5) is 20.5. The maximum atomic E-state index is 15.4. The molecule has 9 heteroatoms. The molecule has 2 heterocycles. The Labute approximate surface area is 163 Å². The second-order valence-electron chi connectivity index (χ2n) is 6.60. The Bertz CT molecular complexity index is 1080. The Morgan fingerprint density at radius 2 is 2.11 bits per heavy atom. The first-order valence-electron chi connectivity index (χ1n) is 8.50. The monoisotopic (exact) mass is 404 g/mol. The van der Waals surface area contributed by atoms with Gasteiger partial charge in [0, 0.05) is 18.4 Å². The number of benzene rings is 2. The van der Waals surface area contributed by atoms with Crippen LogP contribution >= 0.6 is 11.6 Å².